The summed E-state index contributed by atoms with van der Waals surface area (Å²) in [5, 5.41) is 11.2. The highest BCUT2D eigenvalue weighted by Gasteiger charge is 2.41. The van der Waals surface area contributed by atoms with Crippen molar-refractivity contribution in [2.24, 2.45) is 11.8 Å². The molecule has 0 spiro atoms. The second kappa shape index (κ2) is 8.36. The van der Waals surface area contributed by atoms with Gasteiger partial charge in [-0.1, -0.05) is 5.16 Å². The summed E-state index contributed by atoms with van der Waals surface area (Å²) in [7, 11) is 0. The van der Waals surface area contributed by atoms with Crippen LogP contribution in [0.3, 0.4) is 0 Å². The van der Waals surface area contributed by atoms with E-state index in [9.17, 15) is 13.2 Å². The van der Waals surface area contributed by atoms with Gasteiger partial charge in [-0.2, -0.15) is 13.2 Å². The molecule has 8 nitrogen and oxygen atoms in total. The van der Waals surface area contributed by atoms with E-state index in [1.807, 2.05) is 32.3 Å². The zero-order valence-corrected chi connectivity index (χ0v) is 16.1. The van der Waals surface area contributed by atoms with Crippen LogP contribution in [-0.2, 0) is 11.3 Å². The molecule has 0 unspecified atom stereocenters. The predicted molar refractivity (Wildman–Crippen MR) is 96.2 cm³/mol. The Balaban J connectivity index is 0.000000298. The Kier molecular flexibility index (Phi) is 6.06. The van der Waals surface area contributed by atoms with Gasteiger partial charge in [-0.15, -0.1) is 0 Å². The number of likely N-dealkylation sites (tertiary alicyclic amines) is 1. The summed E-state index contributed by atoms with van der Waals surface area (Å²) in [4.78, 5) is 22.5. The molecule has 2 aliphatic heterocycles. The van der Waals surface area contributed by atoms with Crippen molar-refractivity contribution in [3.8, 4) is 0 Å². The molecule has 1 N–H and O–H groups in total. The molecule has 4 rings (SSSR count). The molecular formula is C18H22F3N5O3. The van der Waals surface area contributed by atoms with Crippen LogP contribution < -0.4 is 4.90 Å². The number of carbonyl (C=O) groups is 1. The molecule has 158 valence electrons. The average Bonchev–Trinajstić information content (AvgIpc) is 3.31. The number of anilines is 1. The number of aryl methyl sites for hydroxylation is 2. The fourth-order valence-electron chi connectivity index (χ4n) is 3.79. The van der Waals surface area contributed by atoms with Crippen molar-refractivity contribution in [1.29, 1.82) is 0 Å². The number of alkyl halides is 3. The first kappa shape index (κ1) is 21.0. The summed E-state index contributed by atoms with van der Waals surface area (Å²) in [6, 6.07) is 1.87. The van der Waals surface area contributed by atoms with Gasteiger partial charge in [0.05, 0.1) is 5.69 Å². The number of carboxylic acid groups (broad SMARTS) is 1. The van der Waals surface area contributed by atoms with Crippen molar-refractivity contribution in [2.75, 3.05) is 31.1 Å². The fraction of sp³-hybridized carbons (Fsp3) is 0.556. The van der Waals surface area contributed by atoms with Crippen LogP contribution in [-0.4, -0.2) is 63.5 Å². The maximum absolute atomic E-state index is 10.6. The molecule has 0 aliphatic carbocycles. The SMILES string of the molecule is Cc1noc(C)c1CN1C[C@@H]2CN(c3ncccn3)C[C@@H]2C1.O=C(O)C(F)(F)F. The number of hydrogen-bond donors (Lipinski definition) is 1. The van der Waals surface area contributed by atoms with E-state index in [1.165, 1.54) is 5.56 Å². The third-order valence-corrected chi connectivity index (χ3v) is 5.20. The first-order chi connectivity index (χ1) is 13.6. The van der Waals surface area contributed by atoms with Crippen LogP contribution in [0.15, 0.2) is 23.0 Å². The van der Waals surface area contributed by atoms with Gasteiger partial charge < -0.3 is 14.5 Å². The van der Waals surface area contributed by atoms with Crippen molar-refractivity contribution in [1.82, 2.24) is 20.0 Å². The van der Waals surface area contributed by atoms with Crippen molar-refractivity contribution in [3.63, 3.8) is 0 Å². The minimum absolute atomic E-state index is 0.712. The molecule has 2 aromatic rings. The Morgan fingerprint density at radius 3 is 2.17 bits per heavy atom. The highest BCUT2D eigenvalue weighted by molar-refractivity contribution is 5.73. The van der Waals surface area contributed by atoms with Gasteiger partial charge >= 0.3 is 12.1 Å². The predicted octanol–water partition coefficient (Wildman–Crippen LogP) is 2.28. The van der Waals surface area contributed by atoms with Gasteiger partial charge in [0.15, 0.2) is 0 Å². The van der Waals surface area contributed by atoms with E-state index in [-0.39, 0.29) is 0 Å². The molecule has 4 heterocycles. The Labute approximate surface area is 165 Å². The summed E-state index contributed by atoms with van der Waals surface area (Å²) in [6.07, 6.45) is -1.44. The molecule has 0 saturated carbocycles. The smallest absolute Gasteiger partial charge is 0.475 e. The molecule has 0 bridgehead atoms. The number of aromatic nitrogens is 3. The largest absolute Gasteiger partial charge is 0.490 e. The zero-order valence-electron chi connectivity index (χ0n) is 16.1. The molecule has 29 heavy (non-hydrogen) atoms. The van der Waals surface area contributed by atoms with E-state index in [2.05, 4.69) is 24.9 Å². The second-order valence-corrected chi connectivity index (χ2v) is 7.27. The molecule has 0 aromatic carbocycles. The normalized spacial score (nSPS) is 21.6. The van der Waals surface area contributed by atoms with E-state index in [0.717, 1.165) is 50.1 Å². The third kappa shape index (κ3) is 5.03. The van der Waals surface area contributed by atoms with E-state index in [1.54, 1.807) is 0 Å². The Morgan fingerprint density at radius 1 is 1.17 bits per heavy atom. The Bertz CT molecular complexity index is 810. The molecule has 2 fully saturated rings. The monoisotopic (exact) mass is 413 g/mol. The molecule has 0 radical (unpaired) electrons. The maximum atomic E-state index is 10.6. The van der Waals surface area contributed by atoms with Gasteiger partial charge in [-0.25, -0.2) is 14.8 Å². The molecule has 2 saturated heterocycles. The average molecular weight is 413 g/mol. The first-order valence-corrected chi connectivity index (χ1v) is 9.11. The lowest BCUT2D eigenvalue weighted by Crippen LogP contribution is -2.29. The Hall–Kier alpha value is -2.69. The van der Waals surface area contributed by atoms with E-state index in [0.29, 0.717) is 11.8 Å². The van der Waals surface area contributed by atoms with Crippen molar-refractivity contribution in [2.45, 2.75) is 26.6 Å². The number of hydrogen-bond acceptors (Lipinski definition) is 7. The number of halogens is 3. The van der Waals surface area contributed by atoms with Gasteiger partial charge in [0.1, 0.15) is 5.76 Å². The molecule has 0 amide bonds. The number of nitrogens with zero attached hydrogens (tertiary/aromatic N) is 5. The summed E-state index contributed by atoms with van der Waals surface area (Å²) in [5.74, 6) is 0.490. The summed E-state index contributed by atoms with van der Waals surface area (Å²) < 4.78 is 37.0. The molecular weight excluding hydrogens is 391 g/mol. The Morgan fingerprint density at radius 2 is 1.72 bits per heavy atom. The van der Waals surface area contributed by atoms with Crippen LogP contribution in [0.25, 0.3) is 0 Å². The minimum atomic E-state index is -5.08. The number of fused-ring (bicyclic) bond motifs is 1. The lowest BCUT2D eigenvalue weighted by atomic mass is 10.0. The number of carboxylic acids is 1. The fourth-order valence-corrected chi connectivity index (χ4v) is 3.79. The quantitative estimate of drug-likeness (QED) is 0.819. The molecule has 2 atom stereocenters. The number of rotatable bonds is 3. The molecule has 2 aliphatic rings. The first-order valence-electron chi connectivity index (χ1n) is 9.11. The van der Waals surface area contributed by atoms with E-state index >= 15 is 0 Å². The van der Waals surface area contributed by atoms with Crippen LogP contribution in [0.1, 0.15) is 17.0 Å². The van der Waals surface area contributed by atoms with Crippen LogP contribution in [0.5, 0.6) is 0 Å². The topological polar surface area (TPSA) is 95.6 Å². The van der Waals surface area contributed by atoms with Crippen LogP contribution in [0.2, 0.25) is 0 Å². The van der Waals surface area contributed by atoms with Crippen LogP contribution >= 0.6 is 0 Å². The minimum Gasteiger partial charge on any atom is -0.475 e. The summed E-state index contributed by atoms with van der Waals surface area (Å²) >= 11 is 0. The second-order valence-electron chi connectivity index (χ2n) is 7.27. The van der Waals surface area contributed by atoms with Crippen molar-refractivity contribution in [3.05, 3.63) is 35.5 Å². The van der Waals surface area contributed by atoms with E-state index in [4.69, 9.17) is 14.4 Å². The van der Waals surface area contributed by atoms with E-state index < -0.39 is 12.1 Å². The van der Waals surface area contributed by atoms with Crippen LogP contribution in [0, 0.1) is 25.7 Å². The van der Waals surface area contributed by atoms with Crippen LogP contribution in [0.4, 0.5) is 19.1 Å². The van der Waals surface area contributed by atoms with Gasteiger partial charge in [0.2, 0.25) is 5.95 Å². The maximum Gasteiger partial charge on any atom is 0.490 e. The summed E-state index contributed by atoms with van der Waals surface area (Å²) in [6.45, 7) is 9.38. The highest BCUT2D eigenvalue weighted by Crippen LogP contribution is 2.33. The van der Waals surface area contributed by atoms with Gasteiger partial charge in [-0.3, -0.25) is 4.90 Å². The zero-order chi connectivity index (χ0) is 21.2. The lowest BCUT2D eigenvalue weighted by molar-refractivity contribution is -0.192. The third-order valence-electron chi connectivity index (χ3n) is 5.20. The summed E-state index contributed by atoms with van der Waals surface area (Å²) in [5.41, 5.74) is 2.28. The van der Waals surface area contributed by atoms with Gasteiger partial charge in [0.25, 0.3) is 0 Å². The van der Waals surface area contributed by atoms with Gasteiger partial charge in [-0.05, 0) is 31.7 Å². The highest BCUT2D eigenvalue weighted by atomic mass is 19.4. The van der Waals surface area contributed by atoms with Crippen molar-refractivity contribution < 1.29 is 27.6 Å². The van der Waals surface area contributed by atoms with Gasteiger partial charge in [0, 0.05) is 50.7 Å². The molecule has 2 aromatic heterocycles. The number of aliphatic carboxylic acids is 1. The molecule has 11 heteroatoms. The lowest BCUT2D eigenvalue weighted by Gasteiger charge is -2.21. The standard InChI is InChI=1S/C16H21N5O.C2HF3O2/c1-11-15(12(2)22-19-11)10-20-6-13-8-21(9-14(13)7-20)16-17-4-3-5-18-16;3-2(4,5)1(6)7/h3-5,13-14H,6-10H2,1-2H3;(H,6,7)/t13-,14+;. The van der Waals surface area contributed by atoms with Crippen molar-refractivity contribution >= 4 is 11.9 Å².